The molecular formula is C12H19N3. The molecule has 15 heavy (non-hydrogen) atoms. The van der Waals surface area contributed by atoms with Crippen LogP contribution in [0, 0.1) is 12.8 Å². The third-order valence-corrected chi connectivity index (χ3v) is 3.11. The molecule has 82 valence electrons. The molecule has 0 spiro atoms. The number of anilines is 1. The highest BCUT2D eigenvalue weighted by Gasteiger charge is 2.27. The molecule has 1 aromatic rings. The summed E-state index contributed by atoms with van der Waals surface area (Å²) < 4.78 is 0. The van der Waals surface area contributed by atoms with Crippen LogP contribution < -0.4 is 11.5 Å². The van der Waals surface area contributed by atoms with Crippen molar-refractivity contribution in [1.82, 2.24) is 4.98 Å². The van der Waals surface area contributed by atoms with E-state index < -0.39 is 0 Å². The molecule has 1 atom stereocenters. The summed E-state index contributed by atoms with van der Waals surface area (Å²) >= 11 is 0. The van der Waals surface area contributed by atoms with Gasteiger partial charge in [-0.05, 0) is 49.7 Å². The first kappa shape index (κ1) is 10.4. The van der Waals surface area contributed by atoms with Gasteiger partial charge in [0.1, 0.15) is 5.82 Å². The van der Waals surface area contributed by atoms with Gasteiger partial charge in [0.2, 0.25) is 0 Å². The standard InChI is InChI=1S/C12H19N3/c1-8-6-10(12(14)15-7-8)4-5-11(13)9-2-3-9/h6-7,9,11H,2-5,13H2,1H3,(H2,14,15). The molecule has 1 aromatic heterocycles. The molecule has 2 rings (SSSR count). The molecule has 0 bridgehead atoms. The molecule has 0 aromatic carbocycles. The average Bonchev–Trinajstić information content (AvgIpc) is 3.02. The molecule has 0 aliphatic heterocycles. The lowest BCUT2D eigenvalue weighted by Gasteiger charge is -2.11. The van der Waals surface area contributed by atoms with E-state index in [4.69, 9.17) is 11.5 Å². The maximum absolute atomic E-state index is 6.05. The van der Waals surface area contributed by atoms with Gasteiger partial charge in [0.15, 0.2) is 0 Å². The Labute approximate surface area is 90.9 Å². The summed E-state index contributed by atoms with van der Waals surface area (Å²) in [4.78, 5) is 4.15. The first-order valence-corrected chi connectivity index (χ1v) is 5.63. The number of nitrogens with two attached hydrogens (primary N) is 2. The zero-order chi connectivity index (χ0) is 10.8. The van der Waals surface area contributed by atoms with E-state index in [9.17, 15) is 0 Å². The van der Waals surface area contributed by atoms with Gasteiger partial charge in [0.05, 0.1) is 0 Å². The van der Waals surface area contributed by atoms with Gasteiger partial charge in [-0.2, -0.15) is 0 Å². The van der Waals surface area contributed by atoms with Crippen molar-refractivity contribution < 1.29 is 0 Å². The maximum Gasteiger partial charge on any atom is 0.126 e. The predicted octanol–water partition coefficient (Wildman–Crippen LogP) is 1.64. The van der Waals surface area contributed by atoms with Crippen molar-refractivity contribution in [2.45, 2.75) is 38.6 Å². The minimum Gasteiger partial charge on any atom is -0.383 e. The molecule has 3 heteroatoms. The van der Waals surface area contributed by atoms with Gasteiger partial charge >= 0.3 is 0 Å². The molecule has 0 radical (unpaired) electrons. The van der Waals surface area contributed by atoms with Gasteiger partial charge in [-0.25, -0.2) is 4.98 Å². The van der Waals surface area contributed by atoms with Crippen molar-refractivity contribution in [3.05, 3.63) is 23.4 Å². The number of aryl methyl sites for hydroxylation is 2. The van der Waals surface area contributed by atoms with Crippen LogP contribution in [-0.2, 0) is 6.42 Å². The Kier molecular flexibility index (Phi) is 2.91. The molecule has 1 aliphatic carbocycles. The Morgan fingerprint density at radius 3 is 2.93 bits per heavy atom. The van der Waals surface area contributed by atoms with Crippen molar-refractivity contribution >= 4 is 5.82 Å². The van der Waals surface area contributed by atoms with E-state index in [1.807, 2.05) is 6.92 Å². The van der Waals surface area contributed by atoms with Crippen molar-refractivity contribution in [3.63, 3.8) is 0 Å². The lowest BCUT2D eigenvalue weighted by Crippen LogP contribution is -2.23. The van der Waals surface area contributed by atoms with E-state index in [-0.39, 0.29) is 0 Å². The summed E-state index contributed by atoms with van der Waals surface area (Å²) in [5.74, 6) is 1.42. The number of pyridine rings is 1. The highest BCUT2D eigenvalue weighted by atomic mass is 14.8. The normalized spacial score (nSPS) is 17.7. The molecular weight excluding hydrogens is 186 g/mol. The van der Waals surface area contributed by atoms with E-state index in [0.717, 1.165) is 24.3 Å². The molecule has 1 saturated carbocycles. The third kappa shape index (κ3) is 2.69. The van der Waals surface area contributed by atoms with E-state index in [2.05, 4.69) is 11.1 Å². The molecule has 1 fully saturated rings. The minimum absolute atomic E-state index is 0.352. The van der Waals surface area contributed by atoms with Crippen molar-refractivity contribution in [2.75, 3.05) is 5.73 Å². The summed E-state index contributed by atoms with van der Waals surface area (Å²) in [6.45, 7) is 2.04. The largest absolute Gasteiger partial charge is 0.383 e. The second-order valence-corrected chi connectivity index (χ2v) is 4.60. The fourth-order valence-electron chi connectivity index (χ4n) is 1.92. The first-order valence-electron chi connectivity index (χ1n) is 5.63. The molecule has 1 heterocycles. The van der Waals surface area contributed by atoms with Crippen LogP contribution in [0.3, 0.4) is 0 Å². The number of nitrogens with zero attached hydrogens (tertiary/aromatic N) is 1. The summed E-state index contributed by atoms with van der Waals surface area (Å²) in [6, 6.07) is 2.46. The van der Waals surface area contributed by atoms with E-state index in [0.29, 0.717) is 11.9 Å². The first-order chi connectivity index (χ1) is 7.16. The highest BCUT2D eigenvalue weighted by molar-refractivity contribution is 5.40. The number of hydrogen-bond donors (Lipinski definition) is 2. The Balaban J connectivity index is 1.94. The van der Waals surface area contributed by atoms with Gasteiger partial charge in [0.25, 0.3) is 0 Å². The second-order valence-electron chi connectivity index (χ2n) is 4.60. The SMILES string of the molecule is Cc1cnc(N)c(CCC(N)C2CC2)c1. The Morgan fingerprint density at radius 1 is 1.53 bits per heavy atom. The zero-order valence-electron chi connectivity index (χ0n) is 9.24. The van der Waals surface area contributed by atoms with Crippen LogP contribution in [0.25, 0.3) is 0 Å². The summed E-state index contributed by atoms with van der Waals surface area (Å²) in [7, 11) is 0. The van der Waals surface area contributed by atoms with E-state index >= 15 is 0 Å². The lowest BCUT2D eigenvalue weighted by molar-refractivity contribution is 0.550. The van der Waals surface area contributed by atoms with Crippen LogP contribution in [0.15, 0.2) is 12.3 Å². The fraction of sp³-hybridized carbons (Fsp3) is 0.583. The maximum atomic E-state index is 6.05. The minimum atomic E-state index is 0.352. The van der Waals surface area contributed by atoms with Gasteiger partial charge in [-0.1, -0.05) is 6.07 Å². The van der Waals surface area contributed by atoms with Gasteiger partial charge in [-0.15, -0.1) is 0 Å². The van der Waals surface area contributed by atoms with Crippen molar-refractivity contribution in [2.24, 2.45) is 11.7 Å². The van der Waals surface area contributed by atoms with Gasteiger partial charge in [0, 0.05) is 12.2 Å². The van der Waals surface area contributed by atoms with E-state index in [1.165, 1.54) is 18.4 Å². The summed E-state index contributed by atoms with van der Waals surface area (Å²) in [5.41, 5.74) is 14.2. The van der Waals surface area contributed by atoms with Crippen molar-refractivity contribution in [3.8, 4) is 0 Å². The monoisotopic (exact) mass is 205 g/mol. The highest BCUT2D eigenvalue weighted by Crippen LogP contribution is 2.33. The Bertz CT molecular complexity index is 345. The second kappa shape index (κ2) is 4.19. The summed E-state index contributed by atoms with van der Waals surface area (Å²) in [5, 5.41) is 0. The van der Waals surface area contributed by atoms with Crippen LogP contribution in [0.1, 0.15) is 30.4 Å². The zero-order valence-corrected chi connectivity index (χ0v) is 9.24. The van der Waals surface area contributed by atoms with Crippen molar-refractivity contribution in [1.29, 1.82) is 0 Å². The molecule has 0 amide bonds. The number of aromatic nitrogens is 1. The molecule has 0 saturated heterocycles. The Morgan fingerprint density at radius 2 is 2.27 bits per heavy atom. The fourth-order valence-corrected chi connectivity index (χ4v) is 1.92. The molecule has 4 N–H and O–H groups in total. The van der Waals surface area contributed by atoms with Crippen LogP contribution >= 0.6 is 0 Å². The van der Waals surface area contributed by atoms with Crippen LogP contribution in [0.2, 0.25) is 0 Å². The average molecular weight is 205 g/mol. The van der Waals surface area contributed by atoms with E-state index in [1.54, 1.807) is 6.20 Å². The van der Waals surface area contributed by atoms with Gasteiger partial charge < -0.3 is 11.5 Å². The third-order valence-electron chi connectivity index (χ3n) is 3.11. The Hall–Kier alpha value is -1.09. The van der Waals surface area contributed by atoms with Crippen LogP contribution in [0.5, 0.6) is 0 Å². The van der Waals surface area contributed by atoms with Crippen LogP contribution in [0.4, 0.5) is 5.82 Å². The molecule has 1 aliphatic rings. The van der Waals surface area contributed by atoms with Crippen LogP contribution in [-0.4, -0.2) is 11.0 Å². The quantitative estimate of drug-likeness (QED) is 0.785. The number of rotatable bonds is 4. The molecule has 3 nitrogen and oxygen atoms in total. The van der Waals surface area contributed by atoms with Gasteiger partial charge in [-0.3, -0.25) is 0 Å². The number of nitrogen functional groups attached to an aromatic ring is 1. The smallest absolute Gasteiger partial charge is 0.126 e. The predicted molar refractivity (Wildman–Crippen MR) is 62.4 cm³/mol. The lowest BCUT2D eigenvalue weighted by atomic mass is 10.0. The summed E-state index contributed by atoms with van der Waals surface area (Å²) in [6.07, 6.45) is 6.41. The number of hydrogen-bond acceptors (Lipinski definition) is 3. The molecule has 1 unspecified atom stereocenters. The topological polar surface area (TPSA) is 64.9 Å².